The smallest absolute Gasteiger partial charge is 0.166 e. The molecule has 1 aliphatic heterocycles. The fourth-order valence-corrected chi connectivity index (χ4v) is 11.4. The number of benzene rings is 8. The predicted molar refractivity (Wildman–Crippen MR) is 244 cm³/mol. The number of aromatic nitrogens is 3. The van der Waals surface area contributed by atoms with Gasteiger partial charge >= 0.3 is 0 Å². The van der Waals surface area contributed by atoms with Gasteiger partial charge in [0.25, 0.3) is 0 Å². The third kappa shape index (κ3) is 6.32. The van der Waals surface area contributed by atoms with E-state index in [1.807, 2.05) is 36.4 Å². The van der Waals surface area contributed by atoms with Crippen LogP contribution in [0.3, 0.4) is 0 Å². The number of anilines is 3. The Balaban J connectivity index is 1.24. The normalized spacial score (nSPS) is 12.8. The molecule has 9 aromatic rings. The molecular formula is C53H40N4Si. The number of rotatable bonds is 7. The maximum absolute atomic E-state index is 5.31. The zero-order valence-electron chi connectivity index (χ0n) is 32.4. The van der Waals surface area contributed by atoms with Gasteiger partial charge < -0.3 is 4.90 Å². The van der Waals surface area contributed by atoms with Crippen molar-refractivity contribution in [2.75, 3.05) is 4.90 Å². The Labute approximate surface area is 340 Å². The molecule has 0 bridgehead atoms. The van der Waals surface area contributed by atoms with Gasteiger partial charge in [-0.05, 0) is 74.1 Å². The van der Waals surface area contributed by atoms with E-state index < -0.39 is 8.07 Å². The van der Waals surface area contributed by atoms with Crippen LogP contribution in [0, 0.1) is 0 Å². The molecule has 0 atom stereocenters. The van der Waals surface area contributed by atoms with Crippen molar-refractivity contribution in [2.24, 2.45) is 0 Å². The van der Waals surface area contributed by atoms with Crippen LogP contribution in [0.4, 0.5) is 17.1 Å². The van der Waals surface area contributed by atoms with E-state index in [1.54, 1.807) is 0 Å². The Morgan fingerprint density at radius 2 is 0.707 bits per heavy atom. The summed E-state index contributed by atoms with van der Waals surface area (Å²) in [5.41, 5.74) is 13.1. The second kappa shape index (κ2) is 14.7. The summed E-state index contributed by atoms with van der Waals surface area (Å²) in [6.45, 7) is 4.92. The summed E-state index contributed by atoms with van der Waals surface area (Å²) >= 11 is 0. The first-order chi connectivity index (χ1) is 28.5. The van der Waals surface area contributed by atoms with E-state index in [-0.39, 0.29) is 0 Å². The highest BCUT2D eigenvalue weighted by Gasteiger charge is 2.39. The largest absolute Gasteiger partial charge is 0.310 e. The molecule has 0 aliphatic carbocycles. The number of para-hydroxylation sites is 2. The van der Waals surface area contributed by atoms with E-state index in [2.05, 4.69) is 188 Å². The van der Waals surface area contributed by atoms with Crippen LogP contribution in [0.5, 0.6) is 0 Å². The Morgan fingerprint density at radius 3 is 1.22 bits per heavy atom. The molecule has 1 aromatic heterocycles. The molecule has 0 amide bonds. The fourth-order valence-electron chi connectivity index (χ4n) is 8.40. The average molecular weight is 761 g/mol. The van der Waals surface area contributed by atoms with Crippen LogP contribution >= 0.6 is 0 Å². The maximum Gasteiger partial charge on any atom is 0.166 e. The minimum absolute atomic E-state index is 0.616. The first-order valence-corrected chi connectivity index (χ1v) is 22.8. The molecule has 0 saturated carbocycles. The molecule has 2 heterocycles. The van der Waals surface area contributed by atoms with Gasteiger partial charge in [0.2, 0.25) is 0 Å². The molecule has 0 fully saturated rings. The molecule has 0 N–H and O–H groups in total. The summed E-state index contributed by atoms with van der Waals surface area (Å²) in [6.07, 6.45) is 0. The maximum atomic E-state index is 5.31. The van der Waals surface area contributed by atoms with Crippen molar-refractivity contribution in [3.63, 3.8) is 0 Å². The zero-order chi connectivity index (χ0) is 39.1. The van der Waals surface area contributed by atoms with Crippen LogP contribution < -0.4 is 15.3 Å². The van der Waals surface area contributed by atoms with Crippen molar-refractivity contribution in [3.05, 3.63) is 206 Å². The second-order valence-corrected chi connectivity index (χ2v) is 19.6. The van der Waals surface area contributed by atoms with Gasteiger partial charge in [-0.1, -0.05) is 189 Å². The van der Waals surface area contributed by atoms with E-state index in [4.69, 9.17) is 15.0 Å². The molecule has 276 valence electrons. The van der Waals surface area contributed by atoms with Gasteiger partial charge in [-0.25, -0.2) is 15.0 Å². The molecule has 0 unspecified atom stereocenters. The van der Waals surface area contributed by atoms with Gasteiger partial charge in [-0.2, -0.15) is 0 Å². The van der Waals surface area contributed by atoms with Gasteiger partial charge in [-0.15, -0.1) is 0 Å². The minimum atomic E-state index is -2.03. The van der Waals surface area contributed by atoms with Crippen LogP contribution in [-0.4, -0.2) is 23.0 Å². The minimum Gasteiger partial charge on any atom is -0.310 e. The Hall–Kier alpha value is -7.21. The van der Waals surface area contributed by atoms with E-state index in [0.717, 1.165) is 33.5 Å². The highest BCUT2D eigenvalue weighted by molar-refractivity contribution is 7.02. The van der Waals surface area contributed by atoms with Crippen molar-refractivity contribution >= 4 is 35.5 Å². The highest BCUT2D eigenvalue weighted by Crippen LogP contribution is 2.45. The van der Waals surface area contributed by atoms with Crippen molar-refractivity contribution < 1.29 is 0 Å². The third-order valence-electron chi connectivity index (χ3n) is 11.3. The lowest BCUT2D eigenvalue weighted by molar-refractivity contribution is 1.07. The summed E-state index contributed by atoms with van der Waals surface area (Å²) in [5.74, 6) is 1.88. The first-order valence-electron chi connectivity index (χ1n) is 19.8. The van der Waals surface area contributed by atoms with Crippen LogP contribution in [0.15, 0.2) is 206 Å². The molecule has 5 heteroatoms. The molecule has 1 aliphatic rings. The third-order valence-corrected chi connectivity index (χ3v) is 14.9. The summed E-state index contributed by atoms with van der Waals surface area (Å²) in [5, 5.41) is 2.80. The van der Waals surface area contributed by atoms with Crippen molar-refractivity contribution in [2.45, 2.75) is 13.1 Å². The highest BCUT2D eigenvalue weighted by atomic mass is 28.3. The van der Waals surface area contributed by atoms with Crippen LogP contribution in [0.25, 0.3) is 67.5 Å². The first kappa shape index (κ1) is 35.2. The Kier molecular flexibility index (Phi) is 8.93. The van der Waals surface area contributed by atoms with Crippen LogP contribution in [0.1, 0.15) is 0 Å². The number of fused-ring (bicyclic) bond motifs is 2. The van der Waals surface area contributed by atoms with E-state index in [0.29, 0.717) is 17.5 Å². The topological polar surface area (TPSA) is 41.9 Å². The fraction of sp³-hybridized carbons (Fsp3) is 0.0377. The molecular weight excluding hydrogens is 721 g/mol. The SMILES string of the molecule is C[Si]1(C)c2ccccc2N(c2ccc(-c3ccc(-c4ccccc4)c(-c4ccccc4)c3)cc2-c2nc(-c3ccccc3)nc(-c3ccccc3)n2)c2ccccc21. The molecule has 10 rings (SSSR count). The van der Waals surface area contributed by atoms with Gasteiger partial charge in [0.15, 0.2) is 17.5 Å². The standard InChI is InChI=1S/C53H40N4Si/c1-58(2)49-29-17-15-27-47(49)57(48-28-16-18-30-50(48)58)46-34-32-42(41-31-33-43(37-19-7-3-8-20-37)44(35-41)38-21-9-4-10-22-38)36-45(46)53-55-51(39-23-11-5-12-24-39)54-52(56-53)40-25-13-6-14-26-40/h3-36H,1-2H3. The number of nitrogens with zero attached hydrogens (tertiary/aromatic N) is 4. The van der Waals surface area contributed by atoms with Gasteiger partial charge in [0.1, 0.15) is 8.07 Å². The van der Waals surface area contributed by atoms with Crippen molar-refractivity contribution in [1.29, 1.82) is 0 Å². The van der Waals surface area contributed by atoms with E-state index >= 15 is 0 Å². The average Bonchev–Trinajstić information content (AvgIpc) is 3.30. The molecule has 4 nitrogen and oxygen atoms in total. The molecule has 58 heavy (non-hydrogen) atoms. The van der Waals surface area contributed by atoms with E-state index in [1.165, 1.54) is 44.0 Å². The Bertz CT molecular complexity index is 2810. The monoisotopic (exact) mass is 760 g/mol. The number of hydrogen-bond donors (Lipinski definition) is 0. The number of hydrogen-bond acceptors (Lipinski definition) is 4. The van der Waals surface area contributed by atoms with Crippen molar-refractivity contribution in [3.8, 4) is 67.5 Å². The van der Waals surface area contributed by atoms with Gasteiger partial charge in [-0.3, -0.25) is 0 Å². The molecule has 0 radical (unpaired) electrons. The lowest BCUT2D eigenvalue weighted by Gasteiger charge is -2.41. The van der Waals surface area contributed by atoms with Gasteiger partial charge in [0.05, 0.1) is 5.69 Å². The lowest BCUT2D eigenvalue weighted by Crippen LogP contribution is -2.58. The summed E-state index contributed by atoms with van der Waals surface area (Å²) in [6, 6.07) is 73.2. The van der Waals surface area contributed by atoms with Crippen LogP contribution in [0.2, 0.25) is 13.1 Å². The van der Waals surface area contributed by atoms with Crippen molar-refractivity contribution in [1.82, 2.24) is 15.0 Å². The van der Waals surface area contributed by atoms with Crippen LogP contribution in [-0.2, 0) is 0 Å². The quantitative estimate of drug-likeness (QED) is 0.152. The summed E-state index contributed by atoms with van der Waals surface area (Å²) in [4.78, 5) is 18.1. The molecule has 8 aromatic carbocycles. The molecule has 0 spiro atoms. The van der Waals surface area contributed by atoms with E-state index in [9.17, 15) is 0 Å². The summed E-state index contributed by atoms with van der Waals surface area (Å²) in [7, 11) is -2.03. The second-order valence-electron chi connectivity index (χ2n) is 15.3. The zero-order valence-corrected chi connectivity index (χ0v) is 33.4. The van der Waals surface area contributed by atoms with Gasteiger partial charge in [0, 0.05) is 28.1 Å². The summed E-state index contributed by atoms with van der Waals surface area (Å²) < 4.78 is 0. The lowest BCUT2D eigenvalue weighted by atomic mass is 9.90. The predicted octanol–water partition coefficient (Wildman–Crippen LogP) is 12.5. The Morgan fingerprint density at radius 1 is 0.310 bits per heavy atom. The molecule has 0 saturated heterocycles.